The fourth-order valence-electron chi connectivity index (χ4n) is 2.65. The summed E-state index contributed by atoms with van der Waals surface area (Å²) in [6, 6.07) is 10.2. The van der Waals surface area contributed by atoms with E-state index in [1.807, 2.05) is 12.1 Å². The largest absolute Gasteiger partial charge is 0.299 e. The number of hydrogen-bond donors (Lipinski definition) is 0. The zero-order valence-electron chi connectivity index (χ0n) is 11.2. The van der Waals surface area contributed by atoms with Crippen LogP contribution >= 0.6 is 22.9 Å². The lowest BCUT2D eigenvalue weighted by Crippen LogP contribution is -2.33. The molecule has 106 valence electrons. The summed E-state index contributed by atoms with van der Waals surface area (Å²) in [5.41, 5.74) is 2.48. The van der Waals surface area contributed by atoms with Gasteiger partial charge in [0.1, 0.15) is 6.17 Å². The number of hydrogen-bond acceptors (Lipinski definition) is 2. The first-order valence-corrected chi connectivity index (χ1v) is 8.17. The molecule has 1 aromatic heterocycles. The molecular formula is C16H17ClFNS. The van der Waals surface area contributed by atoms with Gasteiger partial charge in [-0.3, -0.25) is 4.90 Å². The van der Waals surface area contributed by atoms with Crippen molar-refractivity contribution in [1.82, 2.24) is 4.90 Å². The van der Waals surface area contributed by atoms with E-state index >= 15 is 0 Å². The molecule has 0 unspecified atom stereocenters. The molecule has 1 nitrogen and oxygen atoms in total. The third kappa shape index (κ3) is 3.22. The molecule has 4 heteroatoms. The maximum Gasteiger partial charge on any atom is 0.103 e. The number of rotatable bonds is 3. The van der Waals surface area contributed by atoms with Crippen molar-refractivity contribution >= 4 is 22.9 Å². The topological polar surface area (TPSA) is 3.24 Å². The minimum atomic E-state index is -0.617. The van der Waals surface area contributed by atoms with Gasteiger partial charge in [-0.05, 0) is 47.5 Å². The number of thiophene rings is 1. The summed E-state index contributed by atoms with van der Waals surface area (Å²) in [6.07, 6.45) is 0.692. The maximum absolute atomic E-state index is 13.2. The highest BCUT2D eigenvalue weighted by Gasteiger charge is 2.19. The Morgan fingerprint density at radius 2 is 2.05 bits per heavy atom. The molecule has 0 radical (unpaired) electrons. The number of halogens is 2. The van der Waals surface area contributed by atoms with E-state index in [4.69, 9.17) is 11.6 Å². The highest BCUT2D eigenvalue weighted by molar-refractivity contribution is 7.13. The van der Waals surface area contributed by atoms with Gasteiger partial charge in [0.2, 0.25) is 0 Å². The third-order valence-corrected chi connectivity index (χ3v) is 4.91. The first-order chi connectivity index (χ1) is 9.72. The number of benzene rings is 1. The first kappa shape index (κ1) is 14.1. The van der Waals surface area contributed by atoms with Crippen LogP contribution in [0.15, 0.2) is 35.7 Å². The summed E-state index contributed by atoms with van der Waals surface area (Å²) in [6.45, 7) is 2.55. The summed E-state index contributed by atoms with van der Waals surface area (Å²) < 4.78 is 13.2. The van der Waals surface area contributed by atoms with E-state index < -0.39 is 6.17 Å². The van der Waals surface area contributed by atoms with Crippen molar-refractivity contribution in [2.75, 3.05) is 13.1 Å². The molecule has 0 bridgehead atoms. The van der Waals surface area contributed by atoms with Crippen molar-refractivity contribution in [3.63, 3.8) is 0 Å². The molecule has 0 aliphatic carbocycles. The Morgan fingerprint density at radius 1 is 1.25 bits per heavy atom. The summed E-state index contributed by atoms with van der Waals surface area (Å²) in [5, 5.41) is 2.84. The molecule has 0 saturated carbocycles. The molecule has 2 heterocycles. The van der Waals surface area contributed by atoms with Gasteiger partial charge in [0.15, 0.2) is 0 Å². The Balaban J connectivity index is 1.82. The average molecular weight is 310 g/mol. The summed E-state index contributed by atoms with van der Waals surface area (Å²) in [5.74, 6) is 0. The van der Waals surface area contributed by atoms with Crippen molar-refractivity contribution in [3.8, 4) is 10.4 Å². The molecule has 2 aromatic rings. The Labute approximate surface area is 128 Å². The second-order valence-electron chi connectivity index (χ2n) is 5.23. The van der Waals surface area contributed by atoms with Crippen LogP contribution in [0.2, 0.25) is 5.02 Å². The van der Waals surface area contributed by atoms with Gasteiger partial charge in [0.25, 0.3) is 0 Å². The Morgan fingerprint density at radius 3 is 2.75 bits per heavy atom. The van der Waals surface area contributed by atoms with Gasteiger partial charge in [-0.2, -0.15) is 0 Å². The smallest absolute Gasteiger partial charge is 0.103 e. The number of likely N-dealkylation sites (tertiary alicyclic amines) is 1. The van der Waals surface area contributed by atoms with E-state index in [1.165, 1.54) is 16.0 Å². The Bertz CT molecular complexity index is 562. The van der Waals surface area contributed by atoms with Gasteiger partial charge < -0.3 is 0 Å². The molecule has 20 heavy (non-hydrogen) atoms. The van der Waals surface area contributed by atoms with E-state index in [1.54, 1.807) is 11.3 Å². The molecule has 0 atom stereocenters. The number of piperidine rings is 1. The fraction of sp³-hybridized carbons (Fsp3) is 0.375. The molecule has 1 fully saturated rings. The molecule has 3 rings (SSSR count). The van der Waals surface area contributed by atoms with Gasteiger partial charge in [-0.15, -0.1) is 11.3 Å². The Kier molecular flexibility index (Phi) is 4.39. The lowest BCUT2D eigenvalue weighted by molar-refractivity contribution is 0.145. The van der Waals surface area contributed by atoms with Crippen molar-refractivity contribution in [2.45, 2.75) is 25.6 Å². The van der Waals surface area contributed by atoms with E-state index in [0.29, 0.717) is 12.8 Å². The Hall–Kier alpha value is -0.900. The standard InChI is InChI=1S/C16H17ClFNS/c17-13-4-3-12(11-19-7-5-14(18)6-8-19)15(10-13)16-2-1-9-20-16/h1-4,9-10,14H,5-8,11H2. The molecule has 1 aromatic carbocycles. The van der Waals surface area contributed by atoms with Gasteiger partial charge in [-0.25, -0.2) is 4.39 Å². The van der Waals surface area contributed by atoms with E-state index in [0.717, 1.165) is 24.7 Å². The van der Waals surface area contributed by atoms with Crippen LogP contribution in [0.1, 0.15) is 18.4 Å². The predicted molar refractivity (Wildman–Crippen MR) is 84.2 cm³/mol. The highest BCUT2D eigenvalue weighted by atomic mass is 35.5. The van der Waals surface area contributed by atoms with Crippen LogP contribution in [0, 0.1) is 0 Å². The minimum Gasteiger partial charge on any atom is -0.299 e. The summed E-state index contributed by atoms with van der Waals surface area (Å²) in [4.78, 5) is 3.57. The first-order valence-electron chi connectivity index (χ1n) is 6.91. The second-order valence-corrected chi connectivity index (χ2v) is 6.61. The minimum absolute atomic E-state index is 0.617. The zero-order valence-corrected chi connectivity index (χ0v) is 12.8. The van der Waals surface area contributed by atoms with Crippen molar-refractivity contribution in [3.05, 3.63) is 46.3 Å². The normalized spacial score (nSPS) is 17.5. The second kappa shape index (κ2) is 6.25. The number of nitrogens with zero attached hydrogens (tertiary/aromatic N) is 1. The average Bonchev–Trinajstić information content (AvgIpc) is 2.97. The van der Waals surface area contributed by atoms with Crippen LogP contribution in [0.4, 0.5) is 4.39 Å². The van der Waals surface area contributed by atoms with Crippen LogP contribution in [0.3, 0.4) is 0 Å². The predicted octanol–water partition coefficient (Wildman–Crippen LogP) is 5.00. The quantitative estimate of drug-likeness (QED) is 0.771. The van der Waals surface area contributed by atoms with Crippen molar-refractivity contribution < 1.29 is 4.39 Å². The van der Waals surface area contributed by atoms with Crippen LogP contribution in [-0.4, -0.2) is 24.2 Å². The highest BCUT2D eigenvalue weighted by Crippen LogP contribution is 2.31. The molecular weight excluding hydrogens is 293 g/mol. The van der Waals surface area contributed by atoms with Gasteiger partial charge in [-0.1, -0.05) is 23.7 Å². The SMILES string of the molecule is FC1CCN(Cc2ccc(Cl)cc2-c2cccs2)CC1. The summed E-state index contributed by atoms with van der Waals surface area (Å²) >= 11 is 7.86. The van der Waals surface area contributed by atoms with Crippen LogP contribution < -0.4 is 0 Å². The molecule has 1 saturated heterocycles. The number of alkyl halides is 1. The molecule has 0 amide bonds. The third-order valence-electron chi connectivity index (χ3n) is 3.77. The monoisotopic (exact) mass is 309 g/mol. The van der Waals surface area contributed by atoms with Crippen LogP contribution in [0.25, 0.3) is 10.4 Å². The lowest BCUT2D eigenvalue weighted by Gasteiger charge is -2.29. The van der Waals surface area contributed by atoms with Crippen molar-refractivity contribution in [1.29, 1.82) is 0 Å². The lowest BCUT2D eigenvalue weighted by atomic mass is 10.0. The van der Waals surface area contributed by atoms with Crippen LogP contribution in [0.5, 0.6) is 0 Å². The van der Waals surface area contributed by atoms with Gasteiger partial charge in [0, 0.05) is 29.5 Å². The van der Waals surface area contributed by atoms with Crippen molar-refractivity contribution in [2.24, 2.45) is 0 Å². The van der Waals surface area contributed by atoms with Crippen LogP contribution in [-0.2, 0) is 6.54 Å². The molecule has 0 spiro atoms. The zero-order chi connectivity index (χ0) is 13.9. The van der Waals surface area contributed by atoms with E-state index in [-0.39, 0.29) is 0 Å². The molecule has 0 N–H and O–H groups in total. The van der Waals surface area contributed by atoms with E-state index in [2.05, 4.69) is 28.5 Å². The summed E-state index contributed by atoms with van der Waals surface area (Å²) in [7, 11) is 0. The fourth-order valence-corrected chi connectivity index (χ4v) is 3.60. The maximum atomic E-state index is 13.2. The molecule has 1 aliphatic heterocycles. The van der Waals surface area contributed by atoms with E-state index in [9.17, 15) is 4.39 Å². The molecule has 1 aliphatic rings. The van der Waals surface area contributed by atoms with Gasteiger partial charge >= 0.3 is 0 Å². The van der Waals surface area contributed by atoms with Gasteiger partial charge in [0.05, 0.1) is 0 Å².